The summed E-state index contributed by atoms with van der Waals surface area (Å²) in [4.78, 5) is 22.9. The Kier molecular flexibility index (Phi) is 1.88. The first-order valence-corrected chi connectivity index (χ1v) is 5.45. The Balaban J connectivity index is 2.45. The van der Waals surface area contributed by atoms with Gasteiger partial charge in [-0.3, -0.25) is 0 Å². The molecule has 2 aromatic carbocycles. The zero-order valence-electron chi connectivity index (χ0n) is 7.99. The molecule has 0 aromatic heterocycles. The van der Waals surface area contributed by atoms with Crippen LogP contribution < -0.4 is 0 Å². The molecule has 1 heterocycles. The van der Waals surface area contributed by atoms with Gasteiger partial charge < -0.3 is 4.74 Å². The third-order valence-corrected chi connectivity index (χ3v) is 3.08. The largest absolute Gasteiger partial charge is 0.386 e. The zero-order valence-corrected chi connectivity index (χ0v) is 9.58. The highest BCUT2D eigenvalue weighted by Crippen LogP contribution is 2.30. The number of hydrogen-bond donors (Lipinski definition) is 0. The van der Waals surface area contributed by atoms with E-state index in [2.05, 4.69) is 20.7 Å². The van der Waals surface area contributed by atoms with Gasteiger partial charge in [-0.1, -0.05) is 28.1 Å². The normalized spacial score (nSPS) is 14.1. The van der Waals surface area contributed by atoms with Gasteiger partial charge in [-0.2, -0.15) is 0 Å². The topological polar surface area (TPSA) is 43.4 Å². The zero-order chi connectivity index (χ0) is 11.3. The highest BCUT2D eigenvalue weighted by atomic mass is 79.9. The number of carbonyl (C=O) groups excluding carboxylic acids is 2. The van der Waals surface area contributed by atoms with Crippen LogP contribution in [0.25, 0.3) is 10.8 Å². The fourth-order valence-electron chi connectivity index (χ4n) is 1.88. The predicted molar refractivity (Wildman–Crippen MR) is 61.4 cm³/mol. The first-order valence-electron chi connectivity index (χ1n) is 4.65. The van der Waals surface area contributed by atoms with Crippen LogP contribution in [0.1, 0.15) is 20.7 Å². The van der Waals surface area contributed by atoms with E-state index in [1.165, 1.54) is 0 Å². The summed E-state index contributed by atoms with van der Waals surface area (Å²) in [5.41, 5.74) is 0.717. The van der Waals surface area contributed by atoms with Crippen LogP contribution in [0.5, 0.6) is 0 Å². The molecule has 1 aliphatic heterocycles. The Morgan fingerprint density at radius 2 is 1.81 bits per heavy atom. The van der Waals surface area contributed by atoms with Crippen LogP contribution in [0.15, 0.2) is 34.8 Å². The van der Waals surface area contributed by atoms with Crippen molar-refractivity contribution in [2.45, 2.75) is 0 Å². The van der Waals surface area contributed by atoms with Crippen molar-refractivity contribution >= 4 is 38.6 Å². The van der Waals surface area contributed by atoms with Crippen molar-refractivity contribution < 1.29 is 14.3 Å². The van der Waals surface area contributed by atoms with Crippen molar-refractivity contribution in [1.82, 2.24) is 0 Å². The number of rotatable bonds is 0. The van der Waals surface area contributed by atoms with Crippen LogP contribution in [-0.2, 0) is 4.74 Å². The predicted octanol–water partition coefficient (Wildman–Crippen LogP) is 2.91. The minimum Gasteiger partial charge on any atom is -0.386 e. The van der Waals surface area contributed by atoms with E-state index in [0.29, 0.717) is 11.1 Å². The van der Waals surface area contributed by atoms with Gasteiger partial charge in [0.2, 0.25) is 0 Å². The molecule has 0 amide bonds. The lowest BCUT2D eigenvalue weighted by Gasteiger charge is -2.01. The quantitative estimate of drug-likeness (QED) is 0.549. The molecule has 0 unspecified atom stereocenters. The van der Waals surface area contributed by atoms with Gasteiger partial charge in [0.1, 0.15) is 0 Å². The van der Waals surface area contributed by atoms with E-state index in [1.54, 1.807) is 18.2 Å². The van der Waals surface area contributed by atoms with Crippen molar-refractivity contribution in [2.75, 3.05) is 0 Å². The third-order valence-electron chi connectivity index (χ3n) is 2.59. The Bertz CT molecular complexity index is 646. The number of benzene rings is 2. The molecular weight excluding hydrogens is 272 g/mol. The molecule has 0 bridgehead atoms. The standard InChI is InChI=1S/C12H5BrO3/c13-7-2-4-8-6(5-7)1-3-9-10(8)12(15)16-11(9)14/h1-5H. The number of ether oxygens (including phenoxy) is 1. The first-order chi connectivity index (χ1) is 7.66. The second-order valence-corrected chi connectivity index (χ2v) is 4.45. The van der Waals surface area contributed by atoms with Gasteiger partial charge in [-0.25, -0.2) is 9.59 Å². The van der Waals surface area contributed by atoms with E-state index >= 15 is 0 Å². The van der Waals surface area contributed by atoms with E-state index in [-0.39, 0.29) is 0 Å². The van der Waals surface area contributed by atoms with Crippen LogP contribution in [-0.4, -0.2) is 11.9 Å². The van der Waals surface area contributed by atoms with Gasteiger partial charge in [0, 0.05) is 4.47 Å². The Labute approximate surface area is 99.1 Å². The number of cyclic esters (lactones) is 2. The molecule has 2 aromatic rings. The molecule has 3 rings (SSSR count). The molecule has 0 atom stereocenters. The molecule has 1 aliphatic rings. The van der Waals surface area contributed by atoms with E-state index in [1.807, 2.05) is 12.1 Å². The van der Waals surface area contributed by atoms with Gasteiger partial charge in [0.25, 0.3) is 0 Å². The molecule has 0 fully saturated rings. The molecule has 0 saturated carbocycles. The maximum absolute atomic E-state index is 11.5. The second-order valence-electron chi connectivity index (χ2n) is 3.53. The van der Waals surface area contributed by atoms with Crippen LogP contribution in [0.4, 0.5) is 0 Å². The molecule has 16 heavy (non-hydrogen) atoms. The summed E-state index contributed by atoms with van der Waals surface area (Å²) in [6.07, 6.45) is 0. The van der Waals surface area contributed by atoms with E-state index in [4.69, 9.17) is 0 Å². The summed E-state index contributed by atoms with van der Waals surface area (Å²) in [6, 6.07) is 8.96. The van der Waals surface area contributed by atoms with Crippen LogP contribution >= 0.6 is 15.9 Å². The maximum atomic E-state index is 11.5. The van der Waals surface area contributed by atoms with Crippen LogP contribution in [0.3, 0.4) is 0 Å². The fourth-order valence-corrected chi connectivity index (χ4v) is 2.26. The highest BCUT2D eigenvalue weighted by molar-refractivity contribution is 9.10. The number of hydrogen-bond acceptors (Lipinski definition) is 3. The lowest BCUT2D eigenvalue weighted by Crippen LogP contribution is -1.97. The number of esters is 2. The monoisotopic (exact) mass is 276 g/mol. The highest BCUT2D eigenvalue weighted by Gasteiger charge is 2.31. The molecule has 0 saturated heterocycles. The maximum Gasteiger partial charge on any atom is 0.347 e. The molecule has 4 heteroatoms. The second kappa shape index (κ2) is 3.15. The lowest BCUT2D eigenvalue weighted by molar-refractivity contribution is 0.0444. The smallest absolute Gasteiger partial charge is 0.347 e. The molecule has 0 spiro atoms. The van der Waals surface area contributed by atoms with Crippen molar-refractivity contribution in [3.05, 3.63) is 45.9 Å². The molecular formula is C12H5BrO3. The summed E-state index contributed by atoms with van der Waals surface area (Å²) in [5.74, 6) is -1.13. The van der Waals surface area contributed by atoms with Crippen molar-refractivity contribution in [1.29, 1.82) is 0 Å². The lowest BCUT2D eigenvalue weighted by atomic mass is 10.0. The summed E-state index contributed by atoms with van der Waals surface area (Å²) in [6.45, 7) is 0. The Hall–Kier alpha value is -1.68. The van der Waals surface area contributed by atoms with Crippen molar-refractivity contribution in [3.8, 4) is 0 Å². The van der Waals surface area contributed by atoms with Crippen LogP contribution in [0, 0.1) is 0 Å². The SMILES string of the molecule is O=C1OC(=O)c2c1ccc1cc(Br)ccc21. The van der Waals surface area contributed by atoms with Crippen LogP contribution in [0.2, 0.25) is 0 Å². The summed E-state index contributed by atoms with van der Waals surface area (Å²) >= 11 is 3.36. The molecule has 0 aliphatic carbocycles. The summed E-state index contributed by atoms with van der Waals surface area (Å²) < 4.78 is 5.51. The Morgan fingerprint density at radius 3 is 2.62 bits per heavy atom. The fraction of sp³-hybridized carbons (Fsp3) is 0. The Morgan fingerprint density at radius 1 is 1.00 bits per heavy atom. The van der Waals surface area contributed by atoms with Gasteiger partial charge in [0.05, 0.1) is 11.1 Å². The molecule has 0 radical (unpaired) electrons. The third kappa shape index (κ3) is 1.20. The number of fused-ring (bicyclic) bond motifs is 3. The summed E-state index contributed by atoms with van der Waals surface area (Å²) in [7, 11) is 0. The van der Waals surface area contributed by atoms with Gasteiger partial charge in [0.15, 0.2) is 0 Å². The average molecular weight is 277 g/mol. The van der Waals surface area contributed by atoms with E-state index in [9.17, 15) is 9.59 Å². The van der Waals surface area contributed by atoms with Crippen molar-refractivity contribution in [2.24, 2.45) is 0 Å². The number of halogens is 1. The van der Waals surface area contributed by atoms with Crippen molar-refractivity contribution in [3.63, 3.8) is 0 Å². The minimum atomic E-state index is -0.565. The van der Waals surface area contributed by atoms with Gasteiger partial charge in [-0.15, -0.1) is 0 Å². The minimum absolute atomic E-state index is 0.347. The summed E-state index contributed by atoms with van der Waals surface area (Å²) in [5, 5.41) is 1.65. The molecule has 0 N–H and O–H groups in total. The number of carbonyl (C=O) groups is 2. The van der Waals surface area contributed by atoms with Gasteiger partial charge in [-0.05, 0) is 29.0 Å². The molecule has 78 valence electrons. The first kappa shape index (κ1) is 9.54. The van der Waals surface area contributed by atoms with Gasteiger partial charge >= 0.3 is 11.9 Å². The average Bonchev–Trinajstić information content (AvgIpc) is 2.54. The molecule has 3 nitrogen and oxygen atoms in total. The van der Waals surface area contributed by atoms with E-state index in [0.717, 1.165) is 15.2 Å². The van der Waals surface area contributed by atoms with E-state index < -0.39 is 11.9 Å².